The van der Waals surface area contributed by atoms with Crippen molar-refractivity contribution >= 4 is 41.8 Å². The van der Waals surface area contributed by atoms with Gasteiger partial charge in [-0.15, -0.1) is 24.8 Å². The lowest BCUT2D eigenvalue weighted by molar-refractivity contribution is 0.0650. The number of fused-ring (bicyclic) bond motifs is 1. The smallest absolute Gasteiger partial charge is 0.332 e. The van der Waals surface area contributed by atoms with Crippen molar-refractivity contribution in [3.63, 3.8) is 0 Å². The first-order valence-corrected chi connectivity index (χ1v) is 7.92. The topological polar surface area (TPSA) is 89.2 Å². The molecule has 26 heavy (non-hydrogen) atoms. The maximum atomic E-state index is 12.8. The number of carbonyl (C=O) groups is 1. The Kier molecular flexibility index (Phi) is 6.98. The number of carbonyl (C=O) groups excluding carboxylic acids is 1. The largest absolute Gasteiger partial charge is 0.332 e. The standard InChI is InChI=1S/C16H21N5O3.2ClH/c1-9-7-11(14(22)21-6-5-17-8-10(21)2)18-13-12(9)15(23)20(4)16(24)19(13)3;;/h7,10,17H,5-6,8H2,1-4H3;2*1H/t10-;;/m1../s1. The van der Waals surface area contributed by atoms with Crippen LogP contribution in [0.1, 0.15) is 23.0 Å². The minimum absolute atomic E-state index is 0. The third-order valence-corrected chi connectivity index (χ3v) is 4.59. The van der Waals surface area contributed by atoms with Crippen LogP contribution in [0.5, 0.6) is 0 Å². The van der Waals surface area contributed by atoms with Gasteiger partial charge in [0.25, 0.3) is 11.5 Å². The second-order valence-electron chi connectivity index (χ2n) is 6.28. The highest BCUT2D eigenvalue weighted by Gasteiger charge is 2.26. The number of aryl methyl sites for hydroxylation is 2. The molecule has 1 N–H and O–H groups in total. The monoisotopic (exact) mass is 403 g/mol. The Bertz CT molecular complexity index is 954. The molecule has 1 aliphatic heterocycles. The van der Waals surface area contributed by atoms with Crippen LogP contribution in [0.3, 0.4) is 0 Å². The molecule has 1 atom stereocenters. The maximum Gasteiger partial charge on any atom is 0.332 e. The minimum atomic E-state index is -0.459. The zero-order valence-corrected chi connectivity index (χ0v) is 16.7. The van der Waals surface area contributed by atoms with E-state index < -0.39 is 11.2 Å². The van der Waals surface area contributed by atoms with Gasteiger partial charge in [-0.25, -0.2) is 9.78 Å². The van der Waals surface area contributed by atoms with Crippen LogP contribution < -0.4 is 16.6 Å². The van der Waals surface area contributed by atoms with E-state index in [0.29, 0.717) is 17.5 Å². The average molecular weight is 404 g/mol. The van der Waals surface area contributed by atoms with Gasteiger partial charge in [-0.2, -0.15) is 0 Å². The first-order chi connectivity index (χ1) is 11.3. The van der Waals surface area contributed by atoms with E-state index in [2.05, 4.69) is 10.3 Å². The van der Waals surface area contributed by atoms with Crippen molar-refractivity contribution in [2.75, 3.05) is 19.6 Å². The molecular formula is C16H23Cl2N5O3. The van der Waals surface area contributed by atoms with E-state index in [0.717, 1.165) is 17.7 Å². The normalized spacial score (nSPS) is 16.8. The number of aromatic nitrogens is 3. The molecule has 3 heterocycles. The molecule has 2 aromatic rings. The van der Waals surface area contributed by atoms with E-state index in [-0.39, 0.29) is 48.1 Å². The number of nitrogens with zero attached hydrogens (tertiary/aromatic N) is 4. The van der Waals surface area contributed by atoms with E-state index in [1.807, 2.05) is 6.92 Å². The average Bonchev–Trinajstić information content (AvgIpc) is 2.57. The molecule has 10 heteroatoms. The third-order valence-electron chi connectivity index (χ3n) is 4.59. The van der Waals surface area contributed by atoms with Crippen molar-refractivity contribution in [1.29, 1.82) is 0 Å². The van der Waals surface area contributed by atoms with Gasteiger partial charge in [-0.1, -0.05) is 0 Å². The van der Waals surface area contributed by atoms with Gasteiger partial charge in [0.1, 0.15) is 11.3 Å². The fourth-order valence-corrected chi connectivity index (χ4v) is 3.13. The molecule has 0 spiro atoms. The third kappa shape index (κ3) is 3.49. The van der Waals surface area contributed by atoms with Crippen molar-refractivity contribution in [1.82, 2.24) is 24.3 Å². The van der Waals surface area contributed by atoms with Crippen LogP contribution in [0, 0.1) is 6.92 Å². The summed E-state index contributed by atoms with van der Waals surface area (Å²) in [5.74, 6) is -0.179. The van der Waals surface area contributed by atoms with Crippen molar-refractivity contribution in [3.05, 3.63) is 38.2 Å². The molecule has 0 aromatic carbocycles. The van der Waals surface area contributed by atoms with Gasteiger partial charge in [0.2, 0.25) is 0 Å². The van der Waals surface area contributed by atoms with Crippen molar-refractivity contribution < 1.29 is 4.79 Å². The molecule has 1 saturated heterocycles. The Morgan fingerprint density at radius 3 is 2.50 bits per heavy atom. The second kappa shape index (κ2) is 8.20. The zero-order chi connectivity index (χ0) is 17.6. The number of nitrogens with one attached hydrogen (secondary N) is 1. The maximum absolute atomic E-state index is 12.8. The fraction of sp³-hybridized carbons (Fsp3) is 0.500. The van der Waals surface area contributed by atoms with E-state index in [1.165, 1.54) is 11.6 Å². The molecular weight excluding hydrogens is 381 g/mol. The molecule has 144 valence electrons. The molecule has 0 radical (unpaired) electrons. The number of piperazine rings is 1. The van der Waals surface area contributed by atoms with Crippen molar-refractivity contribution in [3.8, 4) is 0 Å². The van der Waals surface area contributed by atoms with Gasteiger partial charge in [0.15, 0.2) is 0 Å². The highest BCUT2D eigenvalue weighted by atomic mass is 35.5. The Labute approximate surface area is 163 Å². The van der Waals surface area contributed by atoms with Gasteiger partial charge in [0.05, 0.1) is 5.39 Å². The number of halogens is 2. The summed E-state index contributed by atoms with van der Waals surface area (Å²) >= 11 is 0. The number of hydrogen-bond acceptors (Lipinski definition) is 5. The fourth-order valence-electron chi connectivity index (χ4n) is 3.13. The van der Waals surface area contributed by atoms with Gasteiger partial charge in [0, 0.05) is 39.8 Å². The Morgan fingerprint density at radius 2 is 1.88 bits per heavy atom. The lowest BCUT2D eigenvalue weighted by Gasteiger charge is -2.33. The number of rotatable bonds is 1. The molecule has 0 bridgehead atoms. The summed E-state index contributed by atoms with van der Waals surface area (Å²) in [5, 5.41) is 3.60. The lowest BCUT2D eigenvalue weighted by Crippen LogP contribution is -2.52. The molecule has 0 saturated carbocycles. The molecule has 0 aliphatic carbocycles. The SMILES string of the molecule is Cc1cc(C(=O)N2CCNC[C@H]2C)nc2c1c(=O)n(C)c(=O)n2C.Cl.Cl. The Hall–Kier alpha value is -1.90. The number of amides is 1. The summed E-state index contributed by atoms with van der Waals surface area (Å²) in [4.78, 5) is 43.4. The Morgan fingerprint density at radius 1 is 1.23 bits per heavy atom. The van der Waals surface area contributed by atoms with Gasteiger partial charge in [-0.3, -0.25) is 18.7 Å². The molecule has 0 unspecified atom stereocenters. The molecule has 1 aliphatic rings. The summed E-state index contributed by atoms with van der Waals surface area (Å²) in [5.41, 5.74) is 0.292. The molecule has 3 rings (SSSR count). The van der Waals surface area contributed by atoms with E-state index in [9.17, 15) is 14.4 Å². The van der Waals surface area contributed by atoms with Crippen LogP contribution in [-0.2, 0) is 14.1 Å². The first-order valence-electron chi connectivity index (χ1n) is 7.92. The summed E-state index contributed by atoms with van der Waals surface area (Å²) in [6.45, 7) is 5.81. The van der Waals surface area contributed by atoms with Crippen molar-refractivity contribution in [2.24, 2.45) is 14.1 Å². The van der Waals surface area contributed by atoms with Crippen LogP contribution >= 0.6 is 24.8 Å². The lowest BCUT2D eigenvalue weighted by atomic mass is 10.1. The summed E-state index contributed by atoms with van der Waals surface area (Å²) in [7, 11) is 2.99. The summed E-state index contributed by atoms with van der Waals surface area (Å²) in [6, 6.07) is 1.70. The highest BCUT2D eigenvalue weighted by molar-refractivity contribution is 5.95. The second-order valence-corrected chi connectivity index (χ2v) is 6.28. The zero-order valence-electron chi connectivity index (χ0n) is 15.1. The summed E-state index contributed by atoms with van der Waals surface area (Å²) in [6.07, 6.45) is 0. The van der Waals surface area contributed by atoms with E-state index in [4.69, 9.17) is 0 Å². The predicted octanol–water partition coefficient (Wildman–Crippen LogP) is 0.218. The van der Waals surface area contributed by atoms with Crippen LogP contribution in [0.15, 0.2) is 15.7 Å². The van der Waals surface area contributed by atoms with Gasteiger partial charge in [-0.05, 0) is 25.5 Å². The van der Waals surface area contributed by atoms with Crippen LogP contribution in [-0.4, -0.2) is 50.6 Å². The van der Waals surface area contributed by atoms with E-state index in [1.54, 1.807) is 24.9 Å². The number of pyridine rings is 1. The molecule has 1 amide bonds. The molecule has 8 nitrogen and oxygen atoms in total. The van der Waals surface area contributed by atoms with Crippen LogP contribution in [0.4, 0.5) is 0 Å². The summed E-state index contributed by atoms with van der Waals surface area (Å²) < 4.78 is 2.36. The van der Waals surface area contributed by atoms with E-state index >= 15 is 0 Å². The van der Waals surface area contributed by atoms with Gasteiger partial charge >= 0.3 is 5.69 Å². The highest BCUT2D eigenvalue weighted by Crippen LogP contribution is 2.15. The quantitative estimate of drug-likeness (QED) is 0.735. The molecule has 1 fully saturated rings. The Balaban J connectivity index is 0.00000169. The first kappa shape index (κ1) is 22.1. The molecule has 2 aromatic heterocycles. The van der Waals surface area contributed by atoms with Crippen LogP contribution in [0.25, 0.3) is 11.0 Å². The van der Waals surface area contributed by atoms with Gasteiger partial charge < -0.3 is 10.2 Å². The van der Waals surface area contributed by atoms with Crippen LogP contribution in [0.2, 0.25) is 0 Å². The predicted molar refractivity (Wildman–Crippen MR) is 105 cm³/mol. The van der Waals surface area contributed by atoms with Crippen molar-refractivity contribution in [2.45, 2.75) is 19.9 Å². The number of hydrogen-bond donors (Lipinski definition) is 1. The minimum Gasteiger partial charge on any atom is -0.332 e.